The molecular formula is C12H23N3O2. The summed E-state index contributed by atoms with van der Waals surface area (Å²) in [4.78, 5) is 14.2. The van der Waals surface area contributed by atoms with Crippen LogP contribution in [-0.4, -0.2) is 62.8 Å². The molecule has 0 aromatic rings. The number of amides is 1. The molecule has 0 aromatic carbocycles. The molecule has 0 spiro atoms. The molecule has 1 amide bonds. The van der Waals surface area contributed by atoms with Crippen LogP contribution in [0.2, 0.25) is 0 Å². The van der Waals surface area contributed by atoms with E-state index in [-0.39, 0.29) is 11.8 Å². The summed E-state index contributed by atoms with van der Waals surface area (Å²) in [5.41, 5.74) is 0. The summed E-state index contributed by atoms with van der Waals surface area (Å²) in [6.45, 7) is 8.28. The summed E-state index contributed by atoms with van der Waals surface area (Å²) in [6, 6.07) is 0.400. The standard InChI is InChI=1S/C12H23N3O2/c1-10(15-4-6-17-7-5-15)8-14-12(16)11-2-3-13-9-11/h10-11,13H,2-9H2,1H3,(H,14,16). The Morgan fingerprint density at radius 3 is 2.94 bits per heavy atom. The van der Waals surface area contributed by atoms with Crippen molar-refractivity contribution in [3.63, 3.8) is 0 Å². The molecule has 2 aliphatic rings. The molecule has 2 N–H and O–H groups in total. The first-order valence-electron chi connectivity index (χ1n) is 6.57. The van der Waals surface area contributed by atoms with E-state index in [0.29, 0.717) is 6.04 Å². The molecular weight excluding hydrogens is 218 g/mol. The van der Waals surface area contributed by atoms with Gasteiger partial charge >= 0.3 is 0 Å². The highest BCUT2D eigenvalue weighted by Gasteiger charge is 2.23. The fourth-order valence-electron chi connectivity index (χ4n) is 2.42. The average Bonchev–Trinajstić information content (AvgIpc) is 2.90. The zero-order valence-corrected chi connectivity index (χ0v) is 10.6. The van der Waals surface area contributed by atoms with Crippen LogP contribution in [0.4, 0.5) is 0 Å². The average molecular weight is 241 g/mol. The van der Waals surface area contributed by atoms with Gasteiger partial charge < -0.3 is 15.4 Å². The fourth-order valence-corrected chi connectivity index (χ4v) is 2.42. The van der Waals surface area contributed by atoms with Crippen LogP contribution in [0.5, 0.6) is 0 Å². The molecule has 0 aliphatic carbocycles. The molecule has 17 heavy (non-hydrogen) atoms. The first-order valence-corrected chi connectivity index (χ1v) is 6.57. The zero-order chi connectivity index (χ0) is 12.1. The number of morpholine rings is 1. The summed E-state index contributed by atoms with van der Waals surface area (Å²) in [7, 11) is 0. The highest BCUT2D eigenvalue weighted by atomic mass is 16.5. The maximum Gasteiger partial charge on any atom is 0.224 e. The van der Waals surface area contributed by atoms with Gasteiger partial charge in [0, 0.05) is 32.2 Å². The highest BCUT2D eigenvalue weighted by molar-refractivity contribution is 5.79. The second-order valence-electron chi connectivity index (χ2n) is 4.93. The molecule has 98 valence electrons. The Morgan fingerprint density at radius 1 is 1.53 bits per heavy atom. The van der Waals surface area contributed by atoms with Crippen molar-refractivity contribution in [3.8, 4) is 0 Å². The van der Waals surface area contributed by atoms with Crippen molar-refractivity contribution in [2.24, 2.45) is 5.92 Å². The van der Waals surface area contributed by atoms with Gasteiger partial charge in [-0.1, -0.05) is 0 Å². The van der Waals surface area contributed by atoms with Crippen molar-refractivity contribution in [1.29, 1.82) is 0 Å². The van der Waals surface area contributed by atoms with Crippen molar-refractivity contribution < 1.29 is 9.53 Å². The lowest BCUT2D eigenvalue weighted by Crippen LogP contribution is -2.48. The summed E-state index contributed by atoms with van der Waals surface area (Å²) in [5, 5.41) is 6.28. The van der Waals surface area contributed by atoms with Crippen LogP contribution < -0.4 is 10.6 Å². The number of carbonyl (C=O) groups excluding carboxylic acids is 1. The third-order valence-electron chi connectivity index (χ3n) is 3.67. The van der Waals surface area contributed by atoms with Gasteiger partial charge in [-0.3, -0.25) is 9.69 Å². The Balaban J connectivity index is 1.67. The number of carbonyl (C=O) groups is 1. The Hall–Kier alpha value is -0.650. The molecule has 2 aliphatic heterocycles. The Kier molecular flexibility index (Phi) is 4.76. The number of ether oxygens (including phenoxy) is 1. The van der Waals surface area contributed by atoms with Crippen LogP contribution in [0, 0.1) is 5.92 Å². The molecule has 0 aromatic heterocycles. The van der Waals surface area contributed by atoms with Gasteiger partial charge in [-0.2, -0.15) is 0 Å². The Labute approximate surface area is 103 Å². The van der Waals surface area contributed by atoms with Gasteiger partial charge in [-0.05, 0) is 19.9 Å². The van der Waals surface area contributed by atoms with E-state index in [9.17, 15) is 4.79 Å². The molecule has 0 radical (unpaired) electrons. The molecule has 2 fully saturated rings. The highest BCUT2D eigenvalue weighted by Crippen LogP contribution is 2.08. The van der Waals surface area contributed by atoms with E-state index in [1.54, 1.807) is 0 Å². The number of rotatable bonds is 4. The topological polar surface area (TPSA) is 53.6 Å². The van der Waals surface area contributed by atoms with Gasteiger partial charge in [0.2, 0.25) is 5.91 Å². The molecule has 0 saturated carbocycles. The van der Waals surface area contributed by atoms with E-state index in [4.69, 9.17) is 4.74 Å². The van der Waals surface area contributed by atoms with E-state index < -0.39 is 0 Å². The molecule has 2 rings (SSSR count). The number of nitrogens with one attached hydrogen (secondary N) is 2. The minimum absolute atomic E-state index is 0.173. The fraction of sp³-hybridized carbons (Fsp3) is 0.917. The lowest BCUT2D eigenvalue weighted by molar-refractivity contribution is -0.124. The van der Waals surface area contributed by atoms with Gasteiger partial charge in [0.25, 0.3) is 0 Å². The van der Waals surface area contributed by atoms with Crippen LogP contribution in [0.1, 0.15) is 13.3 Å². The molecule has 5 heteroatoms. The van der Waals surface area contributed by atoms with E-state index in [2.05, 4.69) is 22.5 Å². The van der Waals surface area contributed by atoms with Crippen LogP contribution >= 0.6 is 0 Å². The molecule has 2 atom stereocenters. The first kappa shape index (κ1) is 12.8. The predicted octanol–water partition coefficient (Wildman–Crippen LogP) is -0.567. The Bertz CT molecular complexity index is 248. The zero-order valence-electron chi connectivity index (χ0n) is 10.6. The molecule has 2 unspecified atom stereocenters. The van der Waals surface area contributed by atoms with Gasteiger partial charge in [0.05, 0.1) is 19.1 Å². The van der Waals surface area contributed by atoms with E-state index in [0.717, 1.165) is 52.4 Å². The minimum Gasteiger partial charge on any atom is -0.379 e. The third-order valence-corrected chi connectivity index (χ3v) is 3.67. The van der Waals surface area contributed by atoms with Crippen LogP contribution in [0.3, 0.4) is 0 Å². The van der Waals surface area contributed by atoms with Gasteiger partial charge in [-0.25, -0.2) is 0 Å². The van der Waals surface area contributed by atoms with Gasteiger partial charge in [-0.15, -0.1) is 0 Å². The summed E-state index contributed by atoms with van der Waals surface area (Å²) < 4.78 is 5.32. The second-order valence-corrected chi connectivity index (χ2v) is 4.93. The maximum atomic E-state index is 11.8. The van der Waals surface area contributed by atoms with Crippen molar-refractivity contribution in [3.05, 3.63) is 0 Å². The normalized spacial score (nSPS) is 27.9. The van der Waals surface area contributed by atoms with Gasteiger partial charge in [0.15, 0.2) is 0 Å². The lowest BCUT2D eigenvalue weighted by atomic mass is 10.1. The van der Waals surface area contributed by atoms with Crippen molar-refractivity contribution in [1.82, 2.24) is 15.5 Å². The lowest BCUT2D eigenvalue weighted by Gasteiger charge is -2.32. The molecule has 2 saturated heterocycles. The summed E-state index contributed by atoms with van der Waals surface area (Å²) >= 11 is 0. The summed E-state index contributed by atoms with van der Waals surface area (Å²) in [5.74, 6) is 0.377. The number of hydrogen-bond acceptors (Lipinski definition) is 4. The first-order chi connectivity index (χ1) is 8.27. The SMILES string of the molecule is CC(CNC(=O)C1CCNC1)N1CCOCC1. The van der Waals surface area contributed by atoms with Crippen molar-refractivity contribution in [2.75, 3.05) is 45.9 Å². The van der Waals surface area contributed by atoms with Crippen molar-refractivity contribution >= 4 is 5.91 Å². The number of nitrogens with zero attached hydrogens (tertiary/aromatic N) is 1. The number of hydrogen-bond donors (Lipinski definition) is 2. The monoisotopic (exact) mass is 241 g/mol. The molecule has 5 nitrogen and oxygen atoms in total. The second kappa shape index (κ2) is 6.33. The van der Waals surface area contributed by atoms with Crippen LogP contribution in [0.15, 0.2) is 0 Å². The quantitative estimate of drug-likeness (QED) is 0.692. The molecule has 0 bridgehead atoms. The minimum atomic E-state index is 0.173. The smallest absolute Gasteiger partial charge is 0.224 e. The van der Waals surface area contributed by atoms with E-state index in [1.807, 2.05) is 0 Å². The van der Waals surface area contributed by atoms with Crippen LogP contribution in [0.25, 0.3) is 0 Å². The predicted molar refractivity (Wildman–Crippen MR) is 65.8 cm³/mol. The Morgan fingerprint density at radius 2 is 2.29 bits per heavy atom. The van der Waals surface area contributed by atoms with E-state index >= 15 is 0 Å². The summed E-state index contributed by atoms with van der Waals surface area (Å²) in [6.07, 6.45) is 0.970. The maximum absolute atomic E-state index is 11.8. The third kappa shape index (κ3) is 3.66. The largest absolute Gasteiger partial charge is 0.379 e. The van der Waals surface area contributed by atoms with Gasteiger partial charge in [0.1, 0.15) is 0 Å². The van der Waals surface area contributed by atoms with Crippen LogP contribution in [-0.2, 0) is 9.53 Å². The van der Waals surface area contributed by atoms with Crippen molar-refractivity contribution in [2.45, 2.75) is 19.4 Å². The molecule has 2 heterocycles. The van der Waals surface area contributed by atoms with E-state index in [1.165, 1.54) is 0 Å².